The van der Waals surface area contributed by atoms with Gasteiger partial charge in [-0.3, -0.25) is 0 Å². The van der Waals surface area contributed by atoms with Gasteiger partial charge in [-0.2, -0.15) is 0 Å². The van der Waals surface area contributed by atoms with Gasteiger partial charge in [-0.15, -0.1) is 0 Å². The molecule has 3 N–H and O–H groups in total. The molecular weight excluding hydrogens is 136 g/mol. The Hall–Kier alpha value is -0.160. The van der Waals surface area contributed by atoms with E-state index in [9.17, 15) is 0 Å². The highest BCUT2D eigenvalue weighted by molar-refractivity contribution is 4.76. The van der Waals surface area contributed by atoms with Gasteiger partial charge >= 0.3 is 0 Å². The fourth-order valence-electron chi connectivity index (χ4n) is 0.957. The van der Waals surface area contributed by atoms with Crippen LogP contribution in [0.4, 0.5) is 0 Å². The predicted octanol–water partition coefficient (Wildman–Crippen LogP) is -1.16. The minimum Gasteiger partial charge on any atom is -0.390 e. The van der Waals surface area contributed by atoms with Crippen LogP contribution < -0.4 is 0 Å². The van der Waals surface area contributed by atoms with Crippen LogP contribution in [0, 0.1) is 0 Å². The van der Waals surface area contributed by atoms with Crippen LogP contribution in [0.2, 0.25) is 0 Å². The molecule has 0 radical (unpaired) electrons. The van der Waals surface area contributed by atoms with Gasteiger partial charge in [0, 0.05) is 6.42 Å². The highest BCUT2D eigenvalue weighted by Gasteiger charge is 2.32. The van der Waals surface area contributed by atoms with Crippen LogP contribution in [-0.4, -0.2) is 39.9 Å². The van der Waals surface area contributed by atoms with E-state index < -0.39 is 24.6 Å². The molecule has 0 aliphatic carbocycles. The van der Waals surface area contributed by atoms with Gasteiger partial charge < -0.3 is 20.1 Å². The molecule has 0 aromatic heterocycles. The summed E-state index contributed by atoms with van der Waals surface area (Å²) in [6.45, 7) is 1.65. The van der Waals surface area contributed by atoms with E-state index in [0.29, 0.717) is 0 Å². The molecule has 1 saturated heterocycles. The Kier molecular flexibility index (Phi) is 2.25. The van der Waals surface area contributed by atoms with Crippen molar-refractivity contribution in [2.45, 2.75) is 37.9 Å². The van der Waals surface area contributed by atoms with Gasteiger partial charge in [0.25, 0.3) is 0 Å². The topological polar surface area (TPSA) is 69.9 Å². The average Bonchev–Trinajstić information content (AvgIpc) is 1.84. The monoisotopic (exact) mass is 148 g/mol. The van der Waals surface area contributed by atoms with Crippen LogP contribution in [-0.2, 0) is 4.74 Å². The maximum Gasteiger partial charge on any atom is 0.181 e. The summed E-state index contributed by atoms with van der Waals surface area (Å²) in [4.78, 5) is 0. The Morgan fingerprint density at radius 3 is 2.30 bits per heavy atom. The highest BCUT2D eigenvalue weighted by Crippen LogP contribution is 2.17. The molecule has 0 saturated carbocycles. The minimum atomic E-state index is -1.14. The van der Waals surface area contributed by atoms with Gasteiger partial charge in [0.05, 0.1) is 12.2 Å². The third-order valence-corrected chi connectivity index (χ3v) is 1.71. The Morgan fingerprint density at radius 1 is 1.20 bits per heavy atom. The van der Waals surface area contributed by atoms with Crippen LogP contribution in [0.25, 0.3) is 0 Å². The Bertz CT molecular complexity index is 90.3. The van der Waals surface area contributed by atoms with Gasteiger partial charge in [0.15, 0.2) is 6.29 Å². The molecule has 4 nitrogen and oxygen atoms in total. The van der Waals surface area contributed by atoms with Crippen LogP contribution in [0.1, 0.15) is 13.3 Å². The fraction of sp³-hybridized carbons (Fsp3) is 1.00. The molecule has 0 spiro atoms. The normalized spacial score (nSPS) is 49.2. The maximum atomic E-state index is 9.07. The lowest BCUT2D eigenvalue weighted by Crippen LogP contribution is -2.45. The summed E-state index contributed by atoms with van der Waals surface area (Å²) in [7, 11) is 0. The van der Waals surface area contributed by atoms with E-state index in [0.717, 1.165) is 0 Å². The predicted molar refractivity (Wildman–Crippen MR) is 33.2 cm³/mol. The zero-order valence-electron chi connectivity index (χ0n) is 5.77. The standard InChI is InChI=1S/C6H12O4/c1-3-4(7)2-5(8)6(9)10-3/h3-9H,2H2,1H3/t3-,4+,5-,6-/m1/s1. The van der Waals surface area contributed by atoms with Crippen molar-refractivity contribution in [3.8, 4) is 0 Å². The lowest BCUT2D eigenvalue weighted by molar-refractivity contribution is -0.240. The van der Waals surface area contributed by atoms with E-state index in [1.165, 1.54) is 0 Å². The largest absolute Gasteiger partial charge is 0.390 e. The molecule has 1 aliphatic rings. The van der Waals surface area contributed by atoms with Crippen LogP contribution >= 0.6 is 0 Å². The van der Waals surface area contributed by atoms with Gasteiger partial charge in [-0.05, 0) is 6.92 Å². The molecule has 4 atom stereocenters. The smallest absolute Gasteiger partial charge is 0.181 e. The van der Waals surface area contributed by atoms with E-state index in [-0.39, 0.29) is 6.42 Å². The van der Waals surface area contributed by atoms with Crippen LogP contribution in [0.5, 0.6) is 0 Å². The van der Waals surface area contributed by atoms with Crippen LogP contribution in [0.15, 0.2) is 0 Å². The molecule has 0 amide bonds. The number of ether oxygens (including phenoxy) is 1. The molecule has 0 aromatic carbocycles. The second-order valence-electron chi connectivity index (χ2n) is 2.60. The lowest BCUT2D eigenvalue weighted by Gasteiger charge is -2.32. The number of hydrogen-bond donors (Lipinski definition) is 3. The third kappa shape index (κ3) is 1.46. The molecular formula is C6H12O4. The first-order valence-electron chi connectivity index (χ1n) is 3.31. The lowest BCUT2D eigenvalue weighted by atomic mass is 10.0. The molecule has 1 aliphatic heterocycles. The van der Waals surface area contributed by atoms with Crippen molar-refractivity contribution in [2.75, 3.05) is 0 Å². The van der Waals surface area contributed by atoms with Crippen molar-refractivity contribution in [3.05, 3.63) is 0 Å². The van der Waals surface area contributed by atoms with Crippen molar-refractivity contribution in [2.24, 2.45) is 0 Å². The first-order chi connectivity index (χ1) is 4.61. The van der Waals surface area contributed by atoms with E-state index >= 15 is 0 Å². The molecule has 0 aromatic rings. The van der Waals surface area contributed by atoms with Gasteiger partial charge in [-0.25, -0.2) is 0 Å². The number of hydrogen-bond acceptors (Lipinski definition) is 4. The molecule has 1 rings (SSSR count). The average molecular weight is 148 g/mol. The Morgan fingerprint density at radius 2 is 1.80 bits per heavy atom. The molecule has 1 heterocycles. The number of aliphatic hydroxyl groups excluding tert-OH is 3. The summed E-state index contributed by atoms with van der Waals surface area (Å²) in [5.41, 5.74) is 0. The summed E-state index contributed by atoms with van der Waals surface area (Å²) >= 11 is 0. The quantitative estimate of drug-likeness (QED) is 0.405. The van der Waals surface area contributed by atoms with Crippen molar-refractivity contribution in [1.82, 2.24) is 0 Å². The second-order valence-corrected chi connectivity index (χ2v) is 2.60. The van der Waals surface area contributed by atoms with Crippen molar-refractivity contribution >= 4 is 0 Å². The first kappa shape index (κ1) is 7.94. The van der Waals surface area contributed by atoms with Crippen molar-refractivity contribution in [1.29, 1.82) is 0 Å². The molecule has 0 bridgehead atoms. The zero-order valence-corrected chi connectivity index (χ0v) is 5.77. The van der Waals surface area contributed by atoms with E-state index in [1.54, 1.807) is 6.92 Å². The summed E-state index contributed by atoms with van der Waals surface area (Å²) < 4.78 is 4.77. The Labute approximate surface area is 59.1 Å². The second kappa shape index (κ2) is 2.84. The summed E-state index contributed by atoms with van der Waals surface area (Å²) in [6, 6.07) is 0. The molecule has 60 valence electrons. The first-order valence-corrected chi connectivity index (χ1v) is 3.31. The Balaban J connectivity index is 2.46. The van der Waals surface area contributed by atoms with Gasteiger partial charge in [-0.1, -0.05) is 0 Å². The summed E-state index contributed by atoms with van der Waals surface area (Å²) in [5.74, 6) is 0. The number of rotatable bonds is 0. The molecule has 1 fully saturated rings. The van der Waals surface area contributed by atoms with Gasteiger partial charge in [0.2, 0.25) is 0 Å². The van der Waals surface area contributed by atoms with Crippen LogP contribution in [0.3, 0.4) is 0 Å². The summed E-state index contributed by atoms with van der Waals surface area (Å²) in [6.07, 6.45) is -2.97. The fourth-order valence-corrected chi connectivity index (χ4v) is 0.957. The number of aliphatic hydroxyl groups is 3. The minimum absolute atomic E-state index is 0.183. The van der Waals surface area contributed by atoms with Gasteiger partial charge in [0.1, 0.15) is 6.10 Å². The zero-order chi connectivity index (χ0) is 7.72. The van der Waals surface area contributed by atoms with Crippen molar-refractivity contribution < 1.29 is 20.1 Å². The summed E-state index contributed by atoms with van der Waals surface area (Å²) in [5, 5.41) is 26.9. The van der Waals surface area contributed by atoms with E-state index in [1.807, 2.05) is 0 Å². The van der Waals surface area contributed by atoms with E-state index in [4.69, 9.17) is 20.1 Å². The van der Waals surface area contributed by atoms with Crippen molar-refractivity contribution in [3.63, 3.8) is 0 Å². The SMILES string of the molecule is C[C@H]1O[C@@H](O)[C@H](O)C[C@@H]1O. The molecule has 4 heteroatoms. The van der Waals surface area contributed by atoms with E-state index in [2.05, 4.69) is 0 Å². The maximum absolute atomic E-state index is 9.07. The molecule has 0 unspecified atom stereocenters. The molecule has 10 heavy (non-hydrogen) atoms. The third-order valence-electron chi connectivity index (χ3n) is 1.71. The highest BCUT2D eigenvalue weighted by atomic mass is 16.6.